The average molecular weight is 259 g/mol. The van der Waals surface area contributed by atoms with Crippen molar-refractivity contribution in [2.24, 2.45) is 0 Å². The fraction of sp³-hybridized carbons (Fsp3) is 0.143. The Balaban J connectivity index is 1.78. The minimum absolute atomic E-state index is 0.114. The number of carbonyl (C=O) groups excluding carboxylic acids is 1. The zero-order chi connectivity index (χ0) is 13.5. The summed E-state index contributed by atoms with van der Waals surface area (Å²) in [5, 5.41) is 5.47. The molecule has 2 N–H and O–H groups in total. The molecule has 1 heterocycles. The molecule has 0 fully saturated rings. The molecule has 98 valence electrons. The van der Waals surface area contributed by atoms with E-state index in [1.807, 2.05) is 12.1 Å². The zero-order valence-corrected chi connectivity index (χ0v) is 10.3. The Morgan fingerprint density at radius 1 is 1.21 bits per heavy atom. The molecular weight excluding hydrogens is 245 g/mol. The molecule has 4 nitrogen and oxygen atoms in total. The second-order valence-corrected chi connectivity index (χ2v) is 3.99. The molecule has 0 saturated carbocycles. The summed E-state index contributed by atoms with van der Waals surface area (Å²) in [5.41, 5.74) is 1.18. The lowest BCUT2D eigenvalue weighted by Crippen LogP contribution is -2.28. The molecule has 1 amide bonds. The van der Waals surface area contributed by atoms with Crippen LogP contribution in [0.25, 0.3) is 0 Å². The van der Waals surface area contributed by atoms with Crippen LogP contribution < -0.4 is 10.6 Å². The molecule has 0 aliphatic rings. The normalized spacial score (nSPS) is 10.2. The summed E-state index contributed by atoms with van der Waals surface area (Å²) in [6, 6.07) is 9.81. The van der Waals surface area contributed by atoms with E-state index < -0.39 is 5.82 Å². The molecule has 1 aromatic carbocycles. The van der Waals surface area contributed by atoms with Crippen LogP contribution in [0.5, 0.6) is 0 Å². The Morgan fingerprint density at radius 2 is 2.05 bits per heavy atom. The molecule has 0 aliphatic carbocycles. The summed E-state index contributed by atoms with van der Waals surface area (Å²) in [6.45, 7) is 0.655. The first kappa shape index (κ1) is 13.2. The van der Waals surface area contributed by atoms with Gasteiger partial charge in [-0.2, -0.15) is 0 Å². The fourth-order valence-electron chi connectivity index (χ4n) is 1.58. The maximum Gasteiger partial charge on any atom is 0.238 e. The van der Waals surface area contributed by atoms with E-state index in [1.165, 1.54) is 12.1 Å². The molecule has 0 atom stereocenters. The molecule has 0 saturated heterocycles. The number of hydrogen-bond acceptors (Lipinski definition) is 3. The van der Waals surface area contributed by atoms with Crippen LogP contribution >= 0.6 is 0 Å². The van der Waals surface area contributed by atoms with Crippen LogP contribution in [0.3, 0.4) is 0 Å². The number of aromatic nitrogens is 1. The van der Waals surface area contributed by atoms with E-state index in [1.54, 1.807) is 24.5 Å². The minimum atomic E-state index is -0.442. The van der Waals surface area contributed by atoms with Crippen LogP contribution in [0.2, 0.25) is 0 Å². The number of nitrogens with zero attached hydrogens (tertiary/aromatic N) is 1. The number of amides is 1. The highest BCUT2D eigenvalue weighted by molar-refractivity contribution is 5.92. The SMILES string of the molecule is O=C(CNCc1cccnc1)Nc1ccccc1F. The van der Waals surface area contributed by atoms with Crippen molar-refractivity contribution in [1.29, 1.82) is 0 Å². The van der Waals surface area contributed by atoms with E-state index in [0.29, 0.717) is 6.54 Å². The number of para-hydroxylation sites is 1. The Kier molecular flexibility index (Phi) is 4.58. The predicted octanol–water partition coefficient (Wildman–Crippen LogP) is 1.95. The van der Waals surface area contributed by atoms with Gasteiger partial charge in [0.15, 0.2) is 0 Å². The molecule has 5 heteroatoms. The van der Waals surface area contributed by atoms with Crippen molar-refractivity contribution >= 4 is 11.6 Å². The molecule has 0 bridgehead atoms. The van der Waals surface area contributed by atoms with E-state index >= 15 is 0 Å². The topological polar surface area (TPSA) is 54.0 Å². The first-order valence-corrected chi connectivity index (χ1v) is 5.90. The predicted molar refractivity (Wildman–Crippen MR) is 71.0 cm³/mol. The van der Waals surface area contributed by atoms with Gasteiger partial charge in [0, 0.05) is 18.9 Å². The molecule has 2 rings (SSSR count). The summed E-state index contributed by atoms with van der Waals surface area (Å²) in [7, 11) is 0. The summed E-state index contributed by atoms with van der Waals surface area (Å²) in [5.74, 6) is -0.725. The van der Waals surface area contributed by atoms with Crippen molar-refractivity contribution in [3.63, 3.8) is 0 Å². The first-order valence-electron chi connectivity index (χ1n) is 5.90. The van der Waals surface area contributed by atoms with Gasteiger partial charge in [0.1, 0.15) is 5.82 Å². The Hall–Kier alpha value is -2.27. The number of carbonyl (C=O) groups is 1. The van der Waals surface area contributed by atoms with Crippen LogP contribution in [0, 0.1) is 5.82 Å². The lowest BCUT2D eigenvalue weighted by molar-refractivity contribution is -0.115. The lowest BCUT2D eigenvalue weighted by atomic mass is 10.3. The van der Waals surface area contributed by atoms with Crippen LogP contribution in [-0.4, -0.2) is 17.4 Å². The third-order valence-electron chi connectivity index (χ3n) is 2.49. The minimum Gasteiger partial charge on any atom is -0.322 e. The average Bonchev–Trinajstić information content (AvgIpc) is 2.43. The zero-order valence-electron chi connectivity index (χ0n) is 10.3. The monoisotopic (exact) mass is 259 g/mol. The lowest BCUT2D eigenvalue weighted by Gasteiger charge is -2.07. The van der Waals surface area contributed by atoms with E-state index in [9.17, 15) is 9.18 Å². The van der Waals surface area contributed by atoms with Crippen molar-refractivity contribution in [3.8, 4) is 0 Å². The first-order chi connectivity index (χ1) is 9.25. The second-order valence-electron chi connectivity index (χ2n) is 3.99. The van der Waals surface area contributed by atoms with Gasteiger partial charge >= 0.3 is 0 Å². The van der Waals surface area contributed by atoms with Gasteiger partial charge in [-0.3, -0.25) is 9.78 Å². The number of hydrogen-bond donors (Lipinski definition) is 2. The van der Waals surface area contributed by atoms with Gasteiger partial charge in [-0.15, -0.1) is 0 Å². The third-order valence-corrected chi connectivity index (χ3v) is 2.49. The van der Waals surface area contributed by atoms with E-state index in [2.05, 4.69) is 15.6 Å². The highest BCUT2D eigenvalue weighted by atomic mass is 19.1. The standard InChI is InChI=1S/C14H14FN3O/c15-12-5-1-2-6-13(12)18-14(19)10-17-9-11-4-3-7-16-8-11/h1-8,17H,9-10H2,(H,18,19). The third kappa shape index (κ3) is 4.15. The largest absolute Gasteiger partial charge is 0.322 e. The maximum absolute atomic E-state index is 13.3. The molecule has 19 heavy (non-hydrogen) atoms. The molecule has 1 aromatic heterocycles. The van der Waals surface area contributed by atoms with Crippen LogP contribution in [-0.2, 0) is 11.3 Å². The highest BCUT2D eigenvalue weighted by Gasteiger charge is 2.05. The Morgan fingerprint density at radius 3 is 2.79 bits per heavy atom. The highest BCUT2D eigenvalue weighted by Crippen LogP contribution is 2.11. The Labute approximate surface area is 110 Å². The number of pyridine rings is 1. The smallest absolute Gasteiger partial charge is 0.238 e. The second kappa shape index (κ2) is 6.61. The van der Waals surface area contributed by atoms with Gasteiger partial charge in [0.2, 0.25) is 5.91 Å². The number of benzene rings is 1. The van der Waals surface area contributed by atoms with E-state index in [4.69, 9.17) is 0 Å². The van der Waals surface area contributed by atoms with Gasteiger partial charge in [0.25, 0.3) is 0 Å². The van der Waals surface area contributed by atoms with Crippen molar-refractivity contribution in [1.82, 2.24) is 10.3 Å². The van der Waals surface area contributed by atoms with Gasteiger partial charge in [-0.25, -0.2) is 4.39 Å². The number of nitrogens with one attached hydrogen (secondary N) is 2. The summed E-state index contributed by atoms with van der Waals surface area (Å²) >= 11 is 0. The number of halogens is 1. The van der Waals surface area contributed by atoms with Crippen molar-refractivity contribution in [2.45, 2.75) is 6.54 Å². The van der Waals surface area contributed by atoms with Crippen LogP contribution in [0.1, 0.15) is 5.56 Å². The van der Waals surface area contributed by atoms with Gasteiger partial charge < -0.3 is 10.6 Å². The Bertz CT molecular complexity index is 545. The molecule has 0 spiro atoms. The number of rotatable bonds is 5. The summed E-state index contributed by atoms with van der Waals surface area (Å²) in [4.78, 5) is 15.6. The van der Waals surface area contributed by atoms with Crippen molar-refractivity contribution in [3.05, 3.63) is 60.2 Å². The van der Waals surface area contributed by atoms with Crippen LogP contribution in [0.4, 0.5) is 10.1 Å². The maximum atomic E-state index is 13.3. The molecule has 0 unspecified atom stereocenters. The van der Waals surface area contributed by atoms with Crippen LogP contribution in [0.15, 0.2) is 48.8 Å². The molecule has 0 radical (unpaired) electrons. The van der Waals surface area contributed by atoms with Gasteiger partial charge in [0.05, 0.1) is 12.2 Å². The fourth-order valence-corrected chi connectivity index (χ4v) is 1.58. The quantitative estimate of drug-likeness (QED) is 0.863. The molecule has 2 aromatic rings. The molecular formula is C14H14FN3O. The van der Waals surface area contributed by atoms with Crippen molar-refractivity contribution < 1.29 is 9.18 Å². The summed E-state index contributed by atoms with van der Waals surface area (Å²) in [6.07, 6.45) is 3.41. The van der Waals surface area contributed by atoms with Gasteiger partial charge in [-0.05, 0) is 23.8 Å². The number of anilines is 1. The van der Waals surface area contributed by atoms with E-state index in [0.717, 1.165) is 5.56 Å². The van der Waals surface area contributed by atoms with E-state index in [-0.39, 0.29) is 18.1 Å². The molecule has 0 aliphatic heterocycles. The summed E-state index contributed by atoms with van der Waals surface area (Å²) < 4.78 is 13.3. The van der Waals surface area contributed by atoms with Gasteiger partial charge in [-0.1, -0.05) is 18.2 Å². The van der Waals surface area contributed by atoms with Crippen molar-refractivity contribution in [2.75, 3.05) is 11.9 Å².